The van der Waals surface area contributed by atoms with Crippen LogP contribution in [0.5, 0.6) is 0 Å². The smallest absolute Gasteiger partial charge is 0.316 e. The molecule has 4 nitrogen and oxygen atoms in total. The average molecular weight is 213 g/mol. The molecule has 0 spiro atoms. The Hall–Kier alpha value is -0.610. The van der Waals surface area contributed by atoms with Gasteiger partial charge in [-0.2, -0.15) is 0 Å². The van der Waals surface area contributed by atoms with Crippen molar-refractivity contribution in [3.05, 3.63) is 0 Å². The number of esters is 1. The maximum Gasteiger partial charge on any atom is 0.316 e. The Morgan fingerprint density at radius 2 is 2.07 bits per heavy atom. The van der Waals surface area contributed by atoms with E-state index in [4.69, 9.17) is 4.74 Å². The van der Waals surface area contributed by atoms with E-state index in [1.165, 1.54) is 7.11 Å². The Morgan fingerprint density at radius 3 is 2.47 bits per heavy atom. The second-order valence-corrected chi connectivity index (χ2v) is 4.74. The first-order valence-electron chi connectivity index (χ1n) is 5.66. The zero-order valence-corrected chi connectivity index (χ0v) is 9.21. The summed E-state index contributed by atoms with van der Waals surface area (Å²) >= 11 is 0. The minimum atomic E-state index is -0.826. The highest BCUT2D eigenvalue weighted by molar-refractivity contribution is 5.79. The maximum atomic E-state index is 11.9. The van der Waals surface area contributed by atoms with Crippen LogP contribution in [0.3, 0.4) is 0 Å². The van der Waals surface area contributed by atoms with Crippen molar-refractivity contribution in [1.82, 2.24) is 5.32 Å². The number of carbonyl (C=O) groups excluding carboxylic acids is 1. The van der Waals surface area contributed by atoms with Gasteiger partial charge >= 0.3 is 5.97 Å². The highest BCUT2D eigenvalue weighted by Crippen LogP contribution is 2.50. The molecule has 86 valence electrons. The topological polar surface area (TPSA) is 58.6 Å². The zero-order chi connectivity index (χ0) is 10.9. The first-order valence-corrected chi connectivity index (χ1v) is 5.66. The van der Waals surface area contributed by atoms with Gasteiger partial charge in [0.1, 0.15) is 5.41 Å². The first kappa shape index (κ1) is 10.9. The van der Waals surface area contributed by atoms with Gasteiger partial charge in [0.2, 0.25) is 0 Å². The number of nitrogens with one attached hydrogen (secondary N) is 1. The molecule has 1 saturated heterocycles. The van der Waals surface area contributed by atoms with Crippen LogP contribution in [0.4, 0.5) is 0 Å². The van der Waals surface area contributed by atoms with E-state index >= 15 is 0 Å². The maximum absolute atomic E-state index is 11.9. The van der Waals surface area contributed by atoms with E-state index in [2.05, 4.69) is 5.32 Å². The van der Waals surface area contributed by atoms with Gasteiger partial charge in [0.25, 0.3) is 0 Å². The molecule has 15 heavy (non-hydrogen) atoms. The first-order chi connectivity index (χ1) is 7.15. The summed E-state index contributed by atoms with van der Waals surface area (Å²) in [5.41, 5.74) is -1.52. The van der Waals surface area contributed by atoms with Gasteiger partial charge in [0, 0.05) is 6.54 Å². The molecule has 1 atom stereocenters. The van der Waals surface area contributed by atoms with Crippen molar-refractivity contribution in [2.24, 2.45) is 5.41 Å². The quantitative estimate of drug-likeness (QED) is 0.654. The molecule has 2 aliphatic rings. The van der Waals surface area contributed by atoms with Crippen LogP contribution in [-0.2, 0) is 9.53 Å². The van der Waals surface area contributed by atoms with E-state index in [9.17, 15) is 9.90 Å². The van der Waals surface area contributed by atoms with Gasteiger partial charge in [0.05, 0.1) is 12.7 Å². The molecule has 0 aromatic carbocycles. The van der Waals surface area contributed by atoms with E-state index in [0.29, 0.717) is 6.54 Å². The van der Waals surface area contributed by atoms with Crippen molar-refractivity contribution in [1.29, 1.82) is 0 Å². The van der Waals surface area contributed by atoms with Crippen LogP contribution >= 0.6 is 0 Å². The molecule has 0 aromatic rings. The molecule has 0 bridgehead atoms. The molecular formula is C11H19NO3. The standard InChI is InChI=1S/C11H19NO3/c1-15-9(13)10(4-3-7-12-8-10)11(14)5-2-6-11/h12,14H,2-8H2,1H3. The van der Waals surface area contributed by atoms with E-state index in [1.54, 1.807) is 0 Å². The summed E-state index contributed by atoms with van der Waals surface area (Å²) in [6.07, 6.45) is 4.13. The van der Waals surface area contributed by atoms with Gasteiger partial charge < -0.3 is 15.2 Å². The molecule has 0 radical (unpaired) electrons. The van der Waals surface area contributed by atoms with E-state index in [-0.39, 0.29) is 5.97 Å². The fraction of sp³-hybridized carbons (Fsp3) is 0.909. The monoisotopic (exact) mass is 213 g/mol. The fourth-order valence-corrected chi connectivity index (χ4v) is 2.85. The van der Waals surface area contributed by atoms with Gasteiger partial charge in [0.15, 0.2) is 0 Å². The highest BCUT2D eigenvalue weighted by atomic mass is 16.5. The Kier molecular flexibility index (Phi) is 2.73. The molecule has 2 fully saturated rings. The van der Waals surface area contributed by atoms with E-state index < -0.39 is 11.0 Å². The van der Waals surface area contributed by atoms with E-state index in [1.807, 2.05) is 0 Å². The van der Waals surface area contributed by atoms with Crippen molar-refractivity contribution in [3.63, 3.8) is 0 Å². The lowest BCUT2D eigenvalue weighted by Crippen LogP contribution is -2.63. The lowest BCUT2D eigenvalue weighted by molar-refractivity contribution is -0.191. The van der Waals surface area contributed by atoms with Gasteiger partial charge in [-0.25, -0.2) is 0 Å². The molecule has 0 amide bonds. The normalized spacial score (nSPS) is 34.3. The minimum absolute atomic E-state index is 0.253. The molecular weight excluding hydrogens is 194 g/mol. The second-order valence-electron chi connectivity index (χ2n) is 4.74. The van der Waals surface area contributed by atoms with Crippen LogP contribution in [0, 0.1) is 5.41 Å². The molecule has 2 N–H and O–H groups in total. The molecule has 1 unspecified atom stereocenters. The summed E-state index contributed by atoms with van der Waals surface area (Å²) in [6, 6.07) is 0. The predicted octanol–water partition coefficient (Wildman–Crippen LogP) is 0.444. The van der Waals surface area contributed by atoms with Crippen LogP contribution in [0.1, 0.15) is 32.1 Å². The molecule has 1 saturated carbocycles. The summed E-state index contributed by atoms with van der Waals surface area (Å²) in [4.78, 5) is 11.9. The van der Waals surface area contributed by atoms with Gasteiger partial charge in [-0.05, 0) is 38.6 Å². The lowest BCUT2D eigenvalue weighted by Gasteiger charge is -2.52. The Bertz CT molecular complexity index is 255. The summed E-state index contributed by atoms with van der Waals surface area (Å²) in [6.45, 7) is 1.48. The second kappa shape index (κ2) is 3.76. The molecule has 1 aliphatic heterocycles. The SMILES string of the molecule is COC(=O)C1(C2(O)CCC2)CCCNC1. The van der Waals surface area contributed by atoms with Crippen molar-refractivity contribution < 1.29 is 14.6 Å². The third-order valence-corrected chi connectivity index (χ3v) is 4.03. The third kappa shape index (κ3) is 1.47. The molecule has 4 heteroatoms. The lowest BCUT2D eigenvalue weighted by atomic mass is 9.58. The molecule has 1 aliphatic carbocycles. The number of piperidine rings is 1. The summed E-state index contributed by atoms with van der Waals surface area (Å²) in [5, 5.41) is 13.7. The third-order valence-electron chi connectivity index (χ3n) is 4.03. The van der Waals surface area contributed by atoms with Crippen molar-refractivity contribution in [2.75, 3.05) is 20.2 Å². The molecule has 2 rings (SSSR count). The Balaban J connectivity index is 2.25. The average Bonchev–Trinajstić information content (AvgIpc) is 2.25. The van der Waals surface area contributed by atoms with Gasteiger partial charge in [-0.15, -0.1) is 0 Å². The van der Waals surface area contributed by atoms with Gasteiger partial charge in [-0.3, -0.25) is 4.79 Å². The van der Waals surface area contributed by atoms with Crippen LogP contribution in [-0.4, -0.2) is 36.9 Å². The number of hydrogen-bond acceptors (Lipinski definition) is 4. The van der Waals surface area contributed by atoms with E-state index in [0.717, 1.165) is 38.6 Å². The summed E-state index contributed by atoms with van der Waals surface area (Å²) in [5.74, 6) is -0.253. The van der Waals surface area contributed by atoms with Crippen LogP contribution < -0.4 is 5.32 Å². The predicted molar refractivity (Wildman–Crippen MR) is 55.4 cm³/mol. The number of rotatable bonds is 2. The molecule has 1 heterocycles. The number of aliphatic hydroxyl groups is 1. The fourth-order valence-electron chi connectivity index (χ4n) is 2.85. The zero-order valence-electron chi connectivity index (χ0n) is 9.21. The Labute approximate surface area is 90.0 Å². The minimum Gasteiger partial charge on any atom is -0.468 e. The summed E-state index contributed by atoms with van der Waals surface area (Å²) < 4.78 is 4.88. The van der Waals surface area contributed by atoms with Crippen molar-refractivity contribution >= 4 is 5.97 Å². The van der Waals surface area contributed by atoms with Crippen LogP contribution in [0.15, 0.2) is 0 Å². The highest BCUT2D eigenvalue weighted by Gasteiger charge is 2.59. The van der Waals surface area contributed by atoms with Crippen LogP contribution in [0.2, 0.25) is 0 Å². The van der Waals surface area contributed by atoms with Gasteiger partial charge in [-0.1, -0.05) is 0 Å². The molecule has 0 aromatic heterocycles. The van der Waals surface area contributed by atoms with Crippen LogP contribution in [0.25, 0.3) is 0 Å². The van der Waals surface area contributed by atoms with Crippen molar-refractivity contribution in [3.8, 4) is 0 Å². The largest absolute Gasteiger partial charge is 0.468 e. The number of hydrogen-bond donors (Lipinski definition) is 2. The Morgan fingerprint density at radius 1 is 1.33 bits per heavy atom. The number of methoxy groups -OCH3 is 1. The van der Waals surface area contributed by atoms with Crippen molar-refractivity contribution in [2.45, 2.75) is 37.7 Å². The number of ether oxygens (including phenoxy) is 1. The summed E-state index contributed by atoms with van der Waals surface area (Å²) in [7, 11) is 1.40. The number of carbonyl (C=O) groups is 1.